The minimum Gasteiger partial charge on any atom is -0.265 e. The van der Waals surface area contributed by atoms with Crippen molar-refractivity contribution in [1.29, 1.82) is 0 Å². The summed E-state index contributed by atoms with van der Waals surface area (Å²) in [5.41, 5.74) is -0.514. The molecule has 1 heterocycles. The van der Waals surface area contributed by atoms with Gasteiger partial charge in [-0.05, 0) is 56.9 Å². The zero-order valence-corrected chi connectivity index (χ0v) is 14.7. The van der Waals surface area contributed by atoms with Gasteiger partial charge in [-0.15, -0.1) is 0 Å². The second-order valence-corrected chi connectivity index (χ2v) is 7.01. The smallest absolute Gasteiger partial charge is 0.265 e. The fraction of sp³-hybridized carbons (Fsp3) is 0.444. The Kier molecular flexibility index (Phi) is 5.10. The Labute approximate surface area is 152 Å². The van der Waals surface area contributed by atoms with Crippen molar-refractivity contribution in [1.82, 2.24) is 9.55 Å². The molecule has 0 aliphatic heterocycles. The molecule has 2 aromatic rings. The zero-order chi connectivity index (χ0) is 19.1. The van der Waals surface area contributed by atoms with Crippen molar-refractivity contribution in [2.75, 3.05) is 0 Å². The van der Waals surface area contributed by atoms with Crippen molar-refractivity contribution in [2.45, 2.75) is 44.7 Å². The molecule has 140 valence electrons. The number of aromatic nitrogens is 2. The third-order valence-corrected chi connectivity index (χ3v) is 5.11. The lowest BCUT2D eigenvalue weighted by Gasteiger charge is -2.30. The number of nitrogens with zero attached hydrogens (tertiary/aromatic N) is 2. The van der Waals surface area contributed by atoms with Crippen molar-refractivity contribution >= 4 is 11.6 Å². The van der Waals surface area contributed by atoms with E-state index in [9.17, 15) is 22.4 Å². The molecular weight excluding hydrogens is 372 g/mol. The summed E-state index contributed by atoms with van der Waals surface area (Å²) in [6.45, 7) is 1.38. The van der Waals surface area contributed by atoms with Crippen molar-refractivity contribution in [3.05, 3.63) is 57.0 Å². The Morgan fingerprint density at radius 3 is 2.23 bits per heavy atom. The van der Waals surface area contributed by atoms with Crippen molar-refractivity contribution in [3.8, 4) is 5.69 Å². The van der Waals surface area contributed by atoms with E-state index in [0.29, 0.717) is 16.5 Å². The van der Waals surface area contributed by atoms with Crippen LogP contribution in [0, 0.1) is 18.7 Å². The number of rotatable bonds is 2. The SMILES string of the molecule is Cc1nc([C@H]2CC[C@@H](C(F)(F)F)CC2)n(-c2ccc(Cl)cc2)c(=O)c1F. The molecule has 0 bridgehead atoms. The van der Waals surface area contributed by atoms with Crippen LogP contribution in [0.3, 0.4) is 0 Å². The molecular formula is C18H17ClF4N2O. The summed E-state index contributed by atoms with van der Waals surface area (Å²) in [5.74, 6) is -2.34. The van der Waals surface area contributed by atoms with Gasteiger partial charge in [0.25, 0.3) is 5.56 Å². The number of alkyl halides is 3. The quantitative estimate of drug-likeness (QED) is 0.665. The second-order valence-electron chi connectivity index (χ2n) is 6.58. The number of benzene rings is 1. The van der Waals surface area contributed by atoms with E-state index in [1.807, 2.05) is 0 Å². The van der Waals surface area contributed by atoms with Crippen molar-refractivity contribution < 1.29 is 17.6 Å². The van der Waals surface area contributed by atoms with Crippen LogP contribution in [0.25, 0.3) is 5.69 Å². The highest BCUT2D eigenvalue weighted by atomic mass is 35.5. The van der Waals surface area contributed by atoms with Crippen molar-refractivity contribution in [3.63, 3.8) is 0 Å². The van der Waals surface area contributed by atoms with Gasteiger partial charge in [0, 0.05) is 10.9 Å². The fourth-order valence-electron chi connectivity index (χ4n) is 3.42. The molecule has 3 nitrogen and oxygen atoms in total. The molecule has 3 rings (SSSR count). The fourth-order valence-corrected chi connectivity index (χ4v) is 3.55. The molecule has 0 atom stereocenters. The van der Waals surface area contributed by atoms with E-state index in [1.165, 1.54) is 6.92 Å². The van der Waals surface area contributed by atoms with Crippen LogP contribution in [0.4, 0.5) is 17.6 Å². The lowest BCUT2D eigenvalue weighted by atomic mass is 9.81. The standard InChI is InChI=1S/C18H17ClF4N2O/c1-10-15(20)17(26)25(14-8-6-13(19)7-9-14)16(24-10)11-2-4-12(5-3-11)18(21,22)23/h6-9,11-12H,2-5H2,1H3/t11-,12+. The monoisotopic (exact) mass is 388 g/mol. The average molecular weight is 389 g/mol. The van der Waals surface area contributed by atoms with Gasteiger partial charge in [-0.3, -0.25) is 9.36 Å². The van der Waals surface area contributed by atoms with Crippen LogP contribution < -0.4 is 5.56 Å². The third kappa shape index (κ3) is 3.63. The molecule has 1 saturated carbocycles. The van der Waals surface area contributed by atoms with Gasteiger partial charge in [-0.1, -0.05) is 11.6 Å². The number of hydrogen-bond donors (Lipinski definition) is 0. The molecule has 8 heteroatoms. The van der Waals surface area contributed by atoms with Gasteiger partial charge >= 0.3 is 6.18 Å². The molecule has 1 fully saturated rings. The minimum absolute atomic E-state index is 0.0267. The van der Waals surface area contributed by atoms with Gasteiger partial charge in [-0.2, -0.15) is 17.6 Å². The maximum absolute atomic E-state index is 14.2. The predicted octanol–water partition coefficient (Wildman–Crippen LogP) is 5.17. The summed E-state index contributed by atoms with van der Waals surface area (Å²) < 4.78 is 54.0. The molecule has 1 aromatic carbocycles. The Balaban J connectivity index is 2.02. The highest BCUT2D eigenvalue weighted by Gasteiger charge is 2.42. The Bertz CT molecular complexity index is 853. The summed E-state index contributed by atoms with van der Waals surface area (Å²) in [6, 6.07) is 6.24. The molecule has 1 aliphatic rings. The van der Waals surface area contributed by atoms with Crippen LogP contribution in [0.2, 0.25) is 5.02 Å². The van der Waals surface area contributed by atoms with Gasteiger partial charge in [0.1, 0.15) is 5.82 Å². The van der Waals surface area contributed by atoms with Gasteiger partial charge in [-0.25, -0.2) is 4.98 Å². The molecule has 0 radical (unpaired) electrons. The lowest BCUT2D eigenvalue weighted by Crippen LogP contribution is -2.32. The van der Waals surface area contributed by atoms with Gasteiger partial charge in [0.05, 0.1) is 17.3 Å². The first-order valence-corrected chi connectivity index (χ1v) is 8.68. The molecule has 1 aromatic heterocycles. The largest absolute Gasteiger partial charge is 0.391 e. The topological polar surface area (TPSA) is 34.9 Å². The normalized spacial score (nSPS) is 21.0. The van der Waals surface area contributed by atoms with E-state index in [2.05, 4.69) is 4.98 Å². The van der Waals surface area contributed by atoms with E-state index in [4.69, 9.17) is 11.6 Å². The number of halogens is 5. The highest BCUT2D eigenvalue weighted by Crippen LogP contribution is 2.42. The maximum Gasteiger partial charge on any atom is 0.391 e. The average Bonchev–Trinajstić information content (AvgIpc) is 2.60. The lowest BCUT2D eigenvalue weighted by molar-refractivity contribution is -0.182. The van der Waals surface area contributed by atoms with Crippen LogP contribution in [0.15, 0.2) is 29.1 Å². The molecule has 0 spiro atoms. The van der Waals surface area contributed by atoms with E-state index >= 15 is 0 Å². The van der Waals surface area contributed by atoms with Crippen LogP contribution in [-0.2, 0) is 0 Å². The minimum atomic E-state index is -4.22. The third-order valence-electron chi connectivity index (χ3n) is 4.86. The summed E-state index contributed by atoms with van der Waals surface area (Å²) in [6.07, 6.45) is -3.78. The molecule has 0 saturated heterocycles. The summed E-state index contributed by atoms with van der Waals surface area (Å²) in [7, 11) is 0. The van der Waals surface area contributed by atoms with E-state index in [0.717, 1.165) is 4.57 Å². The molecule has 26 heavy (non-hydrogen) atoms. The first-order valence-electron chi connectivity index (χ1n) is 8.30. The maximum atomic E-state index is 14.2. The first-order chi connectivity index (χ1) is 12.2. The number of hydrogen-bond acceptors (Lipinski definition) is 2. The second kappa shape index (κ2) is 7.02. The van der Waals surface area contributed by atoms with Gasteiger partial charge in [0.2, 0.25) is 5.82 Å². The van der Waals surface area contributed by atoms with Crippen LogP contribution in [0.1, 0.15) is 43.1 Å². The zero-order valence-electron chi connectivity index (χ0n) is 14.0. The first kappa shape index (κ1) is 18.9. The molecule has 0 unspecified atom stereocenters. The Hall–Kier alpha value is -1.89. The van der Waals surface area contributed by atoms with Crippen LogP contribution in [0.5, 0.6) is 0 Å². The molecule has 0 N–H and O–H groups in total. The molecule has 1 aliphatic carbocycles. The summed E-state index contributed by atoms with van der Waals surface area (Å²) in [5, 5.41) is 0.453. The Morgan fingerprint density at radius 2 is 1.69 bits per heavy atom. The summed E-state index contributed by atoms with van der Waals surface area (Å²) in [4.78, 5) is 16.7. The van der Waals surface area contributed by atoms with E-state index < -0.39 is 23.5 Å². The summed E-state index contributed by atoms with van der Waals surface area (Å²) >= 11 is 5.86. The predicted molar refractivity (Wildman–Crippen MR) is 90.3 cm³/mol. The van der Waals surface area contributed by atoms with Gasteiger partial charge in [0.15, 0.2) is 0 Å². The van der Waals surface area contributed by atoms with E-state index in [-0.39, 0.29) is 37.3 Å². The molecule has 0 amide bonds. The van der Waals surface area contributed by atoms with E-state index in [1.54, 1.807) is 24.3 Å². The highest BCUT2D eigenvalue weighted by molar-refractivity contribution is 6.30. The van der Waals surface area contributed by atoms with Gasteiger partial charge < -0.3 is 0 Å². The van der Waals surface area contributed by atoms with Crippen molar-refractivity contribution in [2.24, 2.45) is 5.92 Å². The van der Waals surface area contributed by atoms with Crippen LogP contribution in [-0.4, -0.2) is 15.7 Å². The Morgan fingerprint density at radius 1 is 1.12 bits per heavy atom. The number of aryl methyl sites for hydroxylation is 1. The van der Waals surface area contributed by atoms with Crippen LogP contribution >= 0.6 is 11.6 Å².